The van der Waals surface area contributed by atoms with Crippen LogP contribution >= 0.6 is 11.6 Å². The second-order valence-electron chi connectivity index (χ2n) is 5.48. The van der Waals surface area contributed by atoms with Crippen LogP contribution in [-0.2, 0) is 9.31 Å². The molecule has 0 radical (unpaired) electrons. The lowest BCUT2D eigenvalue weighted by Crippen LogP contribution is -2.41. The third-order valence-electron chi connectivity index (χ3n) is 3.62. The van der Waals surface area contributed by atoms with E-state index in [1.807, 2.05) is 41.5 Å². The first-order valence-corrected chi connectivity index (χ1v) is 7.12. The highest BCUT2D eigenvalue weighted by atomic mass is 35.5. The van der Waals surface area contributed by atoms with Gasteiger partial charge in [-0.3, -0.25) is 0 Å². The minimum Gasteiger partial charge on any atom is -0.399 e. The van der Waals surface area contributed by atoms with Gasteiger partial charge in [0, 0.05) is 10.5 Å². The topological polar surface area (TPSA) is 44.5 Å². The SMILES string of the molecule is CC.CC1(C)OB(c2cc(F)c(N)cc2Cl)OC1(C)C. The maximum Gasteiger partial charge on any atom is 0.496 e. The van der Waals surface area contributed by atoms with Gasteiger partial charge in [-0.15, -0.1) is 0 Å². The quantitative estimate of drug-likeness (QED) is 0.639. The van der Waals surface area contributed by atoms with Gasteiger partial charge in [0.25, 0.3) is 0 Å². The molecule has 20 heavy (non-hydrogen) atoms. The predicted octanol–water partition coefficient (Wildman–Crippen LogP) is 3.39. The van der Waals surface area contributed by atoms with Gasteiger partial charge in [-0.25, -0.2) is 4.39 Å². The van der Waals surface area contributed by atoms with Gasteiger partial charge >= 0.3 is 7.12 Å². The van der Waals surface area contributed by atoms with E-state index in [0.717, 1.165) is 0 Å². The molecule has 0 saturated carbocycles. The summed E-state index contributed by atoms with van der Waals surface area (Å²) in [6.45, 7) is 11.7. The molecule has 112 valence electrons. The second-order valence-corrected chi connectivity index (χ2v) is 5.89. The normalized spacial score (nSPS) is 19.5. The average molecular weight is 302 g/mol. The number of rotatable bonds is 1. The molecule has 1 aromatic rings. The Hall–Kier alpha value is -0.775. The second kappa shape index (κ2) is 5.92. The Balaban J connectivity index is 0.000000956. The number of halogens is 2. The lowest BCUT2D eigenvalue weighted by atomic mass is 9.79. The van der Waals surface area contributed by atoms with Crippen LogP contribution in [0.5, 0.6) is 0 Å². The molecule has 0 unspecified atom stereocenters. The van der Waals surface area contributed by atoms with Gasteiger partial charge in [0.2, 0.25) is 0 Å². The summed E-state index contributed by atoms with van der Waals surface area (Å²) >= 11 is 6.06. The zero-order chi connectivity index (χ0) is 15.7. The van der Waals surface area contributed by atoms with Gasteiger partial charge in [-0.1, -0.05) is 25.4 Å². The van der Waals surface area contributed by atoms with E-state index >= 15 is 0 Å². The van der Waals surface area contributed by atoms with Gasteiger partial charge in [0.05, 0.1) is 16.9 Å². The molecule has 0 aromatic heterocycles. The van der Waals surface area contributed by atoms with E-state index in [1.54, 1.807) is 0 Å². The monoisotopic (exact) mass is 301 g/mol. The van der Waals surface area contributed by atoms with Crippen molar-refractivity contribution in [3.63, 3.8) is 0 Å². The first-order chi connectivity index (χ1) is 9.14. The number of nitrogen functional groups attached to an aromatic ring is 1. The molecule has 6 heteroatoms. The van der Waals surface area contributed by atoms with E-state index in [4.69, 9.17) is 26.6 Å². The molecule has 1 saturated heterocycles. The molecular formula is C14H22BClFNO2. The fourth-order valence-electron chi connectivity index (χ4n) is 1.73. The average Bonchev–Trinajstić information content (AvgIpc) is 2.55. The zero-order valence-electron chi connectivity index (χ0n) is 12.9. The van der Waals surface area contributed by atoms with Crippen molar-refractivity contribution in [2.75, 3.05) is 5.73 Å². The van der Waals surface area contributed by atoms with Crippen molar-refractivity contribution in [2.45, 2.75) is 52.7 Å². The Labute approximate surface area is 125 Å². The van der Waals surface area contributed by atoms with Crippen LogP contribution in [0.4, 0.5) is 10.1 Å². The molecule has 1 heterocycles. The van der Waals surface area contributed by atoms with Crippen molar-refractivity contribution in [3.05, 3.63) is 23.0 Å². The molecule has 1 aliphatic heterocycles. The first-order valence-electron chi connectivity index (χ1n) is 6.74. The molecule has 2 N–H and O–H groups in total. The summed E-state index contributed by atoms with van der Waals surface area (Å²) < 4.78 is 25.1. The zero-order valence-corrected chi connectivity index (χ0v) is 13.6. The van der Waals surface area contributed by atoms with Crippen LogP contribution < -0.4 is 11.2 Å². The number of anilines is 1. The molecule has 1 fully saturated rings. The van der Waals surface area contributed by atoms with E-state index in [9.17, 15) is 4.39 Å². The van der Waals surface area contributed by atoms with Crippen molar-refractivity contribution in [3.8, 4) is 0 Å². The third-order valence-corrected chi connectivity index (χ3v) is 3.95. The van der Waals surface area contributed by atoms with Gasteiger partial charge in [-0.05, 0) is 39.8 Å². The van der Waals surface area contributed by atoms with Crippen molar-refractivity contribution in [2.24, 2.45) is 0 Å². The Morgan fingerprint density at radius 2 is 1.55 bits per heavy atom. The fourth-order valence-corrected chi connectivity index (χ4v) is 1.99. The smallest absolute Gasteiger partial charge is 0.399 e. The summed E-state index contributed by atoms with van der Waals surface area (Å²) in [5, 5.41) is 0.340. The summed E-state index contributed by atoms with van der Waals surface area (Å²) in [5.74, 6) is -0.524. The van der Waals surface area contributed by atoms with E-state index < -0.39 is 24.1 Å². The molecule has 0 spiro atoms. The third kappa shape index (κ3) is 3.10. The maximum atomic E-state index is 13.5. The number of hydrogen-bond donors (Lipinski definition) is 1. The Bertz CT molecular complexity index is 478. The van der Waals surface area contributed by atoms with Crippen LogP contribution in [0.1, 0.15) is 41.5 Å². The lowest BCUT2D eigenvalue weighted by molar-refractivity contribution is 0.00578. The highest BCUT2D eigenvalue weighted by molar-refractivity contribution is 6.65. The summed E-state index contributed by atoms with van der Waals surface area (Å²) in [5.41, 5.74) is 4.95. The van der Waals surface area contributed by atoms with Gasteiger partial charge in [0.1, 0.15) is 5.82 Å². The van der Waals surface area contributed by atoms with E-state index in [2.05, 4.69) is 0 Å². The van der Waals surface area contributed by atoms with Crippen LogP contribution in [-0.4, -0.2) is 18.3 Å². The number of benzene rings is 1. The summed E-state index contributed by atoms with van der Waals surface area (Å²) in [7, 11) is -0.683. The molecule has 1 aromatic carbocycles. The van der Waals surface area contributed by atoms with Crippen molar-refractivity contribution < 1.29 is 13.7 Å². The van der Waals surface area contributed by atoms with Gasteiger partial charge in [-0.2, -0.15) is 0 Å². The Morgan fingerprint density at radius 3 is 2.00 bits per heavy atom. The first kappa shape index (κ1) is 17.3. The Morgan fingerprint density at radius 1 is 1.10 bits per heavy atom. The van der Waals surface area contributed by atoms with Crippen LogP contribution in [0.3, 0.4) is 0 Å². The van der Waals surface area contributed by atoms with Crippen LogP contribution in [0, 0.1) is 5.82 Å². The van der Waals surface area contributed by atoms with Crippen molar-refractivity contribution in [1.29, 1.82) is 0 Å². The standard InChI is InChI=1S/C12H16BClFNO2.C2H6/c1-11(2)12(3,4)18-13(17-11)7-5-9(15)10(16)6-8(7)14;1-2/h5-6H,16H2,1-4H3;1-2H3. The largest absolute Gasteiger partial charge is 0.496 e. The van der Waals surface area contributed by atoms with E-state index in [0.29, 0.717) is 10.5 Å². The minimum atomic E-state index is -0.683. The highest BCUT2D eigenvalue weighted by Crippen LogP contribution is 2.37. The maximum absolute atomic E-state index is 13.5. The lowest BCUT2D eigenvalue weighted by Gasteiger charge is -2.32. The van der Waals surface area contributed by atoms with Crippen LogP contribution in [0.15, 0.2) is 12.1 Å². The highest BCUT2D eigenvalue weighted by Gasteiger charge is 2.52. The van der Waals surface area contributed by atoms with Gasteiger partial charge < -0.3 is 15.0 Å². The molecule has 0 atom stereocenters. The van der Waals surface area contributed by atoms with Gasteiger partial charge in [0.15, 0.2) is 0 Å². The summed E-state index contributed by atoms with van der Waals surface area (Å²) in [4.78, 5) is 0. The van der Waals surface area contributed by atoms with E-state index in [-0.39, 0.29) is 5.69 Å². The molecule has 3 nitrogen and oxygen atoms in total. The van der Waals surface area contributed by atoms with E-state index in [1.165, 1.54) is 12.1 Å². The number of hydrogen-bond acceptors (Lipinski definition) is 3. The molecular weight excluding hydrogens is 279 g/mol. The molecule has 1 aliphatic rings. The summed E-state index contributed by atoms with van der Waals surface area (Å²) in [6, 6.07) is 2.64. The molecule has 0 amide bonds. The van der Waals surface area contributed by atoms with Crippen molar-refractivity contribution in [1.82, 2.24) is 0 Å². The summed E-state index contributed by atoms with van der Waals surface area (Å²) in [6.07, 6.45) is 0. The van der Waals surface area contributed by atoms with Crippen LogP contribution in [0.25, 0.3) is 0 Å². The fraction of sp³-hybridized carbons (Fsp3) is 0.571. The van der Waals surface area contributed by atoms with Crippen molar-refractivity contribution >= 4 is 29.9 Å². The molecule has 0 aliphatic carbocycles. The van der Waals surface area contributed by atoms with Crippen LogP contribution in [0.2, 0.25) is 5.02 Å². The molecule has 2 rings (SSSR count). The Kier molecular flexibility index (Phi) is 5.11. The predicted molar refractivity (Wildman–Crippen MR) is 82.9 cm³/mol. The number of nitrogens with two attached hydrogens (primary N) is 1. The minimum absolute atomic E-state index is 0.0141. The molecule has 0 bridgehead atoms.